The third-order valence-corrected chi connectivity index (χ3v) is 2.30. The second-order valence-electron chi connectivity index (χ2n) is 3.15. The second-order valence-corrected chi connectivity index (χ2v) is 3.15. The predicted molar refractivity (Wildman–Crippen MR) is 40.2 cm³/mol. The van der Waals surface area contributed by atoms with E-state index in [9.17, 15) is 9.90 Å². The molecular weight excluding hydrogens is 144 g/mol. The Balaban J connectivity index is 2.52. The molecule has 11 heavy (non-hydrogen) atoms. The van der Waals surface area contributed by atoms with Crippen molar-refractivity contribution in [2.24, 2.45) is 5.92 Å². The topological polar surface area (TPSA) is 57.5 Å². The van der Waals surface area contributed by atoms with Crippen LogP contribution in [0.1, 0.15) is 32.1 Å². The molecule has 0 unspecified atom stereocenters. The number of aliphatic carboxylic acids is 1. The highest BCUT2D eigenvalue weighted by Gasteiger charge is 2.27. The number of rotatable bonds is 1. The summed E-state index contributed by atoms with van der Waals surface area (Å²) in [6, 6.07) is 0. The van der Waals surface area contributed by atoms with Crippen LogP contribution in [0, 0.1) is 5.92 Å². The molecule has 0 saturated heterocycles. The lowest BCUT2D eigenvalue weighted by molar-refractivity contribution is -0.145. The van der Waals surface area contributed by atoms with Gasteiger partial charge >= 0.3 is 5.97 Å². The Hall–Kier alpha value is -0.570. The van der Waals surface area contributed by atoms with Crippen LogP contribution in [0.3, 0.4) is 0 Å². The highest BCUT2D eigenvalue weighted by Crippen LogP contribution is 2.23. The number of carboxylic acid groups (broad SMARTS) is 1. The molecule has 0 heterocycles. The minimum atomic E-state index is -0.848. The van der Waals surface area contributed by atoms with Crippen molar-refractivity contribution in [3.63, 3.8) is 0 Å². The summed E-state index contributed by atoms with van der Waals surface area (Å²) in [4.78, 5) is 10.6. The van der Waals surface area contributed by atoms with Crippen LogP contribution in [-0.2, 0) is 4.79 Å². The zero-order chi connectivity index (χ0) is 8.27. The van der Waals surface area contributed by atoms with Crippen molar-refractivity contribution in [2.75, 3.05) is 0 Å². The van der Waals surface area contributed by atoms with Gasteiger partial charge in [-0.3, -0.25) is 4.79 Å². The van der Waals surface area contributed by atoms with Crippen molar-refractivity contribution in [1.29, 1.82) is 0 Å². The van der Waals surface area contributed by atoms with E-state index in [4.69, 9.17) is 5.11 Å². The molecule has 1 saturated carbocycles. The molecule has 0 aliphatic heterocycles. The Morgan fingerprint density at radius 3 is 2.45 bits per heavy atom. The van der Waals surface area contributed by atoms with E-state index >= 15 is 0 Å². The summed E-state index contributed by atoms with van der Waals surface area (Å²) in [5.74, 6) is -1.36. The molecule has 0 aromatic carbocycles. The number of hydrogen-bond donors (Lipinski definition) is 2. The Labute approximate surface area is 66.0 Å². The first-order chi connectivity index (χ1) is 5.22. The first-order valence-electron chi connectivity index (χ1n) is 4.12. The van der Waals surface area contributed by atoms with Gasteiger partial charge < -0.3 is 10.2 Å². The lowest BCUT2D eigenvalue weighted by atomic mass is 9.98. The third kappa shape index (κ3) is 2.19. The lowest BCUT2D eigenvalue weighted by Crippen LogP contribution is -2.26. The van der Waals surface area contributed by atoms with Gasteiger partial charge in [-0.05, 0) is 12.8 Å². The van der Waals surface area contributed by atoms with Crippen molar-refractivity contribution >= 4 is 5.97 Å². The Bertz CT molecular complexity index is 144. The number of hydrogen-bond acceptors (Lipinski definition) is 2. The van der Waals surface area contributed by atoms with Crippen LogP contribution in [0.4, 0.5) is 0 Å². The van der Waals surface area contributed by atoms with Gasteiger partial charge in [0.2, 0.25) is 0 Å². The fourth-order valence-electron chi connectivity index (χ4n) is 1.58. The van der Waals surface area contributed by atoms with Gasteiger partial charge in [-0.2, -0.15) is 0 Å². The average molecular weight is 158 g/mol. The summed E-state index contributed by atoms with van der Waals surface area (Å²) < 4.78 is 0. The Morgan fingerprint density at radius 2 is 1.82 bits per heavy atom. The van der Waals surface area contributed by atoms with E-state index in [1.54, 1.807) is 0 Å². The van der Waals surface area contributed by atoms with Gasteiger partial charge in [-0.15, -0.1) is 0 Å². The summed E-state index contributed by atoms with van der Waals surface area (Å²) in [5, 5.41) is 18.0. The molecule has 1 aliphatic carbocycles. The fourth-order valence-corrected chi connectivity index (χ4v) is 1.58. The molecule has 1 fully saturated rings. The first-order valence-corrected chi connectivity index (χ1v) is 4.12. The van der Waals surface area contributed by atoms with E-state index in [0.717, 1.165) is 19.3 Å². The van der Waals surface area contributed by atoms with Crippen molar-refractivity contribution in [3.8, 4) is 0 Å². The highest BCUT2D eigenvalue weighted by atomic mass is 16.4. The van der Waals surface area contributed by atoms with Crippen molar-refractivity contribution in [3.05, 3.63) is 0 Å². The summed E-state index contributed by atoms with van der Waals surface area (Å²) in [5.41, 5.74) is 0. The summed E-state index contributed by atoms with van der Waals surface area (Å²) >= 11 is 0. The van der Waals surface area contributed by atoms with Crippen LogP contribution >= 0.6 is 0 Å². The maximum Gasteiger partial charge on any atom is 0.309 e. The molecule has 2 N–H and O–H groups in total. The molecule has 1 aliphatic rings. The number of carboxylic acids is 1. The van der Waals surface area contributed by atoms with E-state index in [1.807, 2.05) is 0 Å². The van der Waals surface area contributed by atoms with Gasteiger partial charge in [0.1, 0.15) is 0 Å². The zero-order valence-corrected chi connectivity index (χ0v) is 6.49. The van der Waals surface area contributed by atoms with Crippen molar-refractivity contribution < 1.29 is 15.0 Å². The van der Waals surface area contributed by atoms with Crippen molar-refractivity contribution in [2.45, 2.75) is 38.2 Å². The molecule has 0 amide bonds. The largest absolute Gasteiger partial charge is 0.481 e. The molecule has 2 atom stereocenters. The van der Waals surface area contributed by atoms with E-state index in [2.05, 4.69) is 0 Å². The molecule has 1 rings (SSSR count). The maximum atomic E-state index is 10.6. The number of aliphatic hydroxyl groups is 1. The maximum absolute atomic E-state index is 10.6. The average Bonchev–Trinajstić information content (AvgIpc) is 2.13. The number of aliphatic hydroxyl groups excluding tert-OH is 1. The minimum absolute atomic E-state index is 0.516. The number of carbonyl (C=O) groups is 1. The lowest BCUT2D eigenvalue weighted by Gasteiger charge is -2.14. The summed E-state index contributed by atoms with van der Waals surface area (Å²) in [7, 11) is 0. The van der Waals surface area contributed by atoms with Gasteiger partial charge in [0.05, 0.1) is 12.0 Å². The molecule has 3 heteroatoms. The molecule has 0 aromatic rings. The smallest absolute Gasteiger partial charge is 0.309 e. The highest BCUT2D eigenvalue weighted by molar-refractivity contribution is 5.70. The summed E-state index contributed by atoms with van der Waals surface area (Å²) in [6.07, 6.45) is 3.63. The Kier molecular flexibility index (Phi) is 2.88. The van der Waals surface area contributed by atoms with Gasteiger partial charge in [0, 0.05) is 0 Å². The van der Waals surface area contributed by atoms with Gasteiger partial charge in [0.25, 0.3) is 0 Å². The molecule has 0 bridgehead atoms. The monoisotopic (exact) mass is 158 g/mol. The molecule has 0 radical (unpaired) electrons. The van der Waals surface area contributed by atoms with Crippen molar-refractivity contribution in [1.82, 2.24) is 0 Å². The van der Waals surface area contributed by atoms with Crippen LogP contribution in [0.5, 0.6) is 0 Å². The first kappa shape index (κ1) is 8.53. The predicted octanol–water partition coefficient (Wildman–Crippen LogP) is 1.01. The molecular formula is C8H14O3. The van der Waals surface area contributed by atoms with Gasteiger partial charge in [-0.25, -0.2) is 0 Å². The van der Waals surface area contributed by atoms with Gasteiger partial charge in [0.15, 0.2) is 0 Å². The third-order valence-electron chi connectivity index (χ3n) is 2.30. The second kappa shape index (κ2) is 3.72. The normalized spacial score (nSPS) is 32.8. The standard InChI is InChI=1S/C8H14O3/c9-7-5-3-1-2-4-6(7)8(10)11/h6-7,9H,1-5H2,(H,10,11)/t6-,7-/m1/s1. The molecule has 0 spiro atoms. The van der Waals surface area contributed by atoms with Gasteiger partial charge in [-0.1, -0.05) is 19.3 Å². The van der Waals surface area contributed by atoms with E-state index in [1.165, 1.54) is 0 Å². The summed E-state index contributed by atoms with van der Waals surface area (Å²) in [6.45, 7) is 0. The fraction of sp³-hybridized carbons (Fsp3) is 0.875. The van der Waals surface area contributed by atoms with Crippen LogP contribution in [0.2, 0.25) is 0 Å². The Morgan fingerprint density at radius 1 is 1.18 bits per heavy atom. The van der Waals surface area contributed by atoms with Crippen LogP contribution in [-0.4, -0.2) is 22.3 Å². The van der Waals surface area contributed by atoms with Crippen LogP contribution < -0.4 is 0 Å². The SMILES string of the molecule is O=C(O)[C@@H]1CCCCC[C@H]1O. The quantitative estimate of drug-likeness (QED) is 0.560. The van der Waals surface area contributed by atoms with E-state index < -0.39 is 18.0 Å². The molecule has 3 nitrogen and oxygen atoms in total. The van der Waals surface area contributed by atoms with Crippen LogP contribution in [0.15, 0.2) is 0 Å². The molecule has 64 valence electrons. The minimum Gasteiger partial charge on any atom is -0.481 e. The van der Waals surface area contributed by atoms with E-state index in [0.29, 0.717) is 12.8 Å². The molecule has 0 aromatic heterocycles. The zero-order valence-electron chi connectivity index (χ0n) is 6.49. The van der Waals surface area contributed by atoms with E-state index in [-0.39, 0.29) is 0 Å². The van der Waals surface area contributed by atoms with Crippen LogP contribution in [0.25, 0.3) is 0 Å².